The van der Waals surface area contributed by atoms with E-state index < -0.39 is 18.5 Å². The van der Waals surface area contributed by atoms with Gasteiger partial charge in [0.1, 0.15) is 11.8 Å². The molecule has 1 atom stereocenters. The van der Waals surface area contributed by atoms with Crippen LogP contribution in [-0.4, -0.2) is 25.0 Å². The number of nitrogens with zero attached hydrogens (tertiary/aromatic N) is 1. The molecule has 0 spiro atoms. The Hall–Kier alpha value is -3.16. The number of amides is 3. The summed E-state index contributed by atoms with van der Waals surface area (Å²) in [7, 11) is 1.53. The number of ether oxygens (including phenoxy) is 1. The maximum Gasteiger partial charge on any atom is 0.312 e. The van der Waals surface area contributed by atoms with Crippen molar-refractivity contribution >= 4 is 17.6 Å². The van der Waals surface area contributed by atoms with E-state index in [9.17, 15) is 18.4 Å². The smallest absolute Gasteiger partial charge is 0.312 e. The van der Waals surface area contributed by atoms with Crippen LogP contribution in [0.3, 0.4) is 0 Å². The van der Waals surface area contributed by atoms with Crippen molar-refractivity contribution in [2.45, 2.75) is 18.9 Å². The van der Waals surface area contributed by atoms with Gasteiger partial charge in [-0.2, -0.15) is 0 Å². The minimum absolute atomic E-state index is 0.0223. The lowest BCUT2D eigenvalue weighted by molar-refractivity contribution is -0.120. The van der Waals surface area contributed by atoms with E-state index in [1.54, 1.807) is 24.3 Å². The summed E-state index contributed by atoms with van der Waals surface area (Å²) in [5, 5.41) is 2.40. The number of alkyl halides is 2. The molecule has 3 rings (SSSR count). The SMILES string of the molecule is CN1C(=O)[C@H](NC(N)=O)Cc2cccc(Oc3ccccc3C(F)F)c21. The fraction of sp³-hybridized carbons (Fsp3) is 0.222. The molecule has 26 heavy (non-hydrogen) atoms. The summed E-state index contributed by atoms with van der Waals surface area (Å²) in [6.07, 6.45) is -2.45. The molecule has 136 valence electrons. The Kier molecular flexibility index (Phi) is 4.75. The molecule has 0 unspecified atom stereocenters. The number of nitrogens with two attached hydrogens (primary N) is 1. The third kappa shape index (κ3) is 3.30. The summed E-state index contributed by atoms with van der Waals surface area (Å²) < 4.78 is 32.1. The standard InChI is InChI=1S/C18H17F2N3O3/c1-23-15-10(9-12(17(23)24)22-18(21)25)5-4-8-14(15)26-13-7-3-2-6-11(13)16(19)20/h2-8,12,16H,9H2,1H3,(H3,21,22,25)/t12-/m1/s1. The molecule has 2 aromatic carbocycles. The van der Waals surface area contributed by atoms with Gasteiger partial charge in [-0.3, -0.25) is 4.79 Å². The third-order valence-electron chi connectivity index (χ3n) is 4.16. The Morgan fingerprint density at radius 2 is 1.92 bits per heavy atom. The maximum absolute atomic E-state index is 13.2. The van der Waals surface area contributed by atoms with E-state index in [1.807, 2.05) is 0 Å². The Morgan fingerprint density at radius 3 is 2.62 bits per heavy atom. The van der Waals surface area contributed by atoms with Crippen LogP contribution < -0.4 is 20.7 Å². The van der Waals surface area contributed by atoms with Gasteiger partial charge in [-0.15, -0.1) is 0 Å². The van der Waals surface area contributed by atoms with Gasteiger partial charge in [0.25, 0.3) is 6.43 Å². The van der Waals surface area contributed by atoms with E-state index in [1.165, 1.54) is 30.1 Å². The second-order valence-corrected chi connectivity index (χ2v) is 5.87. The molecular formula is C18H17F2N3O3. The number of likely N-dealkylation sites (N-methyl/N-ethyl adjacent to an activating group) is 1. The molecule has 1 heterocycles. The van der Waals surface area contributed by atoms with Gasteiger partial charge in [0.2, 0.25) is 5.91 Å². The topological polar surface area (TPSA) is 84.7 Å². The van der Waals surface area contributed by atoms with Gasteiger partial charge in [-0.05, 0) is 23.8 Å². The van der Waals surface area contributed by atoms with E-state index in [2.05, 4.69) is 5.32 Å². The summed E-state index contributed by atoms with van der Waals surface area (Å²) >= 11 is 0. The number of para-hydroxylation sites is 2. The lowest BCUT2D eigenvalue weighted by atomic mass is 9.97. The van der Waals surface area contributed by atoms with Crippen molar-refractivity contribution in [3.8, 4) is 11.5 Å². The summed E-state index contributed by atoms with van der Waals surface area (Å²) in [6, 6.07) is 9.34. The highest BCUT2D eigenvalue weighted by Crippen LogP contribution is 2.40. The van der Waals surface area contributed by atoms with Gasteiger partial charge in [0.15, 0.2) is 5.75 Å². The van der Waals surface area contributed by atoms with E-state index in [0.29, 0.717) is 5.69 Å². The predicted octanol–water partition coefficient (Wildman–Crippen LogP) is 2.97. The Bertz CT molecular complexity index is 857. The number of carbonyl (C=O) groups excluding carboxylic acids is 2. The molecule has 0 radical (unpaired) electrons. The average Bonchev–Trinajstić information content (AvgIpc) is 2.59. The first-order chi connectivity index (χ1) is 12.4. The number of rotatable bonds is 4. The van der Waals surface area contributed by atoms with Gasteiger partial charge in [-0.1, -0.05) is 24.3 Å². The highest BCUT2D eigenvalue weighted by Gasteiger charge is 2.33. The molecule has 1 aliphatic heterocycles. The molecule has 0 aliphatic carbocycles. The normalized spacial score (nSPS) is 16.4. The van der Waals surface area contributed by atoms with E-state index in [4.69, 9.17) is 10.5 Å². The van der Waals surface area contributed by atoms with Crippen LogP contribution in [0.25, 0.3) is 0 Å². The van der Waals surface area contributed by atoms with Gasteiger partial charge >= 0.3 is 6.03 Å². The first kappa shape index (κ1) is 17.7. The Morgan fingerprint density at radius 1 is 1.23 bits per heavy atom. The molecule has 0 saturated heterocycles. The molecule has 1 aliphatic rings. The van der Waals surface area contributed by atoms with Crippen molar-refractivity contribution in [1.29, 1.82) is 0 Å². The molecule has 0 bridgehead atoms. The predicted molar refractivity (Wildman–Crippen MR) is 91.5 cm³/mol. The van der Waals surface area contributed by atoms with Crippen LogP contribution in [0.15, 0.2) is 42.5 Å². The lowest BCUT2D eigenvalue weighted by Crippen LogP contribution is -2.53. The van der Waals surface area contributed by atoms with E-state index >= 15 is 0 Å². The van der Waals surface area contributed by atoms with Gasteiger partial charge < -0.3 is 20.7 Å². The number of hydrogen-bond donors (Lipinski definition) is 2. The monoisotopic (exact) mass is 361 g/mol. The molecule has 0 saturated carbocycles. The molecule has 8 heteroatoms. The minimum atomic E-state index is -2.69. The number of carbonyl (C=O) groups is 2. The quantitative estimate of drug-likeness (QED) is 0.878. The maximum atomic E-state index is 13.2. The minimum Gasteiger partial charge on any atom is -0.455 e. The molecule has 6 nitrogen and oxygen atoms in total. The van der Waals surface area contributed by atoms with Crippen molar-refractivity contribution in [3.05, 3.63) is 53.6 Å². The van der Waals surface area contributed by atoms with Crippen molar-refractivity contribution in [1.82, 2.24) is 5.32 Å². The summed E-state index contributed by atoms with van der Waals surface area (Å²) in [6.45, 7) is 0. The highest BCUT2D eigenvalue weighted by molar-refractivity contribution is 6.02. The summed E-state index contributed by atoms with van der Waals surface area (Å²) in [5.74, 6) is -0.0624. The molecule has 3 amide bonds. The van der Waals surface area contributed by atoms with Crippen molar-refractivity contribution in [2.75, 3.05) is 11.9 Å². The van der Waals surface area contributed by atoms with Gasteiger partial charge in [-0.25, -0.2) is 13.6 Å². The van der Waals surface area contributed by atoms with Crippen LogP contribution in [0, 0.1) is 0 Å². The molecule has 0 fully saturated rings. The van der Waals surface area contributed by atoms with E-state index in [-0.39, 0.29) is 29.4 Å². The van der Waals surface area contributed by atoms with Gasteiger partial charge in [0, 0.05) is 13.5 Å². The fourth-order valence-corrected chi connectivity index (χ4v) is 3.00. The van der Waals surface area contributed by atoms with Crippen molar-refractivity contribution in [3.63, 3.8) is 0 Å². The van der Waals surface area contributed by atoms with Gasteiger partial charge in [0.05, 0.1) is 11.3 Å². The number of urea groups is 1. The number of benzene rings is 2. The number of nitrogens with one attached hydrogen (secondary N) is 1. The molecule has 0 aromatic heterocycles. The second kappa shape index (κ2) is 6.99. The zero-order valence-corrected chi connectivity index (χ0v) is 13.9. The van der Waals surface area contributed by atoms with Crippen LogP contribution in [0.1, 0.15) is 17.6 Å². The highest BCUT2D eigenvalue weighted by atomic mass is 19.3. The van der Waals surface area contributed by atoms with Crippen molar-refractivity contribution < 1.29 is 23.1 Å². The first-order valence-electron chi connectivity index (χ1n) is 7.89. The number of primary amides is 1. The number of fused-ring (bicyclic) bond motifs is 1. The van der Waals surface area contributed by atoms with E-state index in [0.717, 1.165) is 5.56 Å². The number of halogens is 2. The Balaban J connectivity index is 1.98. The van der Waals surface area contributed by atoms with Crippen LogP contribution >= 0.6 is 0 Å². The average molecular weight is 361 g/mol. The van der Waals surface area contributed by atoms with Crippen LogP contribution in [0.5, 0.6) is 11.5 Å². The summed E-state index contributed by atoms with van der Waals surface area (Å²) in [4.78, 5) is 24.9. The zero-order valence-electron chi connectivity index (χ0n) is 13.9. The largest absolute Gasteiger partial charge is 0.455 e. The lowest BCUT2D eigenvalue weighted by Gasteiger charge is -2.32. The van der Waals surface area contributed by atoms with Crippen LogP contribution in [-0.2, 0) is 11.2 Å². The number of anilines is 1. The molecule has 3 N–H and O–H groups in total. The van der Waals surface area contributed by atoms with Crippen LogP contribution in [0.2, 0.25) is 0 Å². The first-order valence-corrected chi connectivity index (χ1v) is 7.89. The van der Waals surface area contributed by atoms with Crippen molar-refractivity contribution in [2.24, 2.45) is 5.73 Å². The third-order valence-corrected chi connectivity index (χ3v) is 4.16. The Labute approximate surface area is 148 Å². The molecule has 2 aromatic rings. The molecular weight excluding hydrogens is 344 g/mol. The summed E-state index contributed by atoms with van der Waals surface area (Å²) in [5.41, 5.74) is 6.09. The fourth-order valence-electron chi connectivity index (χ4n) is 3.00. The second-order valence-electron chi connectivity index (χ2n) is 5.87. The zero-order chi connectivity index (χ0) is 18.8. The van der Waals surface area contributed by atoms with Crippen LogP contribution in [0.4, 0.5) is 19.3 Å². The number of hydrogen-bond acceptors (Lipinski definition) is 3.